The van der Waals surface area contributed by atoms with E-state index in [2.05, 4.69) is 0 Å². The van der Waals surface area contributed by atoms with Crippen molar-refractivity contribution in [3.63, 3.8) is 0 Å². The van der Waals surface area contributed by atoms with Gasteiger partial charge < -0.3 is 4.74 Å². The van der Waals surface area contributed by atoms with Crippen molar-refractivity contribution in [2.45, 2.75) is 26.5 Å². The molecule has 0 N–H and O–H groups in total. The highest BCUT2D eigenvalue weighted by Crippen LogP contribution is 2.34. The van der Waals surface area contributed by atoms with E-state index in [0.717, 1.165) is 28.6 Å². The Morgan fingerprint density at radius 3 is 2.41 bits per heavy atom. The second-order valence-corrected chi connectivity index (χ2v) is 8.06. The molecule has 1 heterocycles. The third kappa shape index (κ3) is 4.86. The lowest BCUT2D eigenvalue weighted by atomic mass is 10.2. The van der Waals surface area contributed by atoms with E-state index in [4.69, 9.17) is 27.9 Å². The first-order valence-corrected chi connectivity index (χ1v) is 9.87. The van der Waals surface area contributed by atoms with Gasteiger partial charge in [-0.15, -0.1) is 0 Å². The number of carbonyl (C=O) groups excluding carboxylic acids is 2. The normalized spacial score (nSPS) is 15.9. The molecule has 1 aliphatic rings. The molecule has 2 amide bonds. The number of nitrogens with zero attached hydrogens (tertiary/aromatic N) is 1. The van der Waals surface area contributed by atoms with Gasteiger partial charge in [0, 0.05) is 0 Å². The third-order valence-corrected chi connectivity index (χ3v) is 5.39. The van der Waals surface area contributed by atoms with Crippen LogP contribution in [0.1, 0.15) is 25.0 Å². The molecule has 1 fully saturated rings. The monoisotopic (exact) mass is 421 g/mol. The van der Waals surface area contributed by atoms with Crippen LogP contribution in [0.15, 0.2) is 47.4 Å². The van der Waals surface area contributed by atoms with Gasteiger partial charge in [0.15, 0.2) is 0 Å². The van der Waals surface area contributed by atoms with Crippen molar-refractivity contribution in [3.8, 4) is 5.75 Å². The zero-order chi connectivity index (χ0) is 19.6. The van der Waals surface area contributed by atoms with E-state index in [0.29, 0.717) is 15.0 Å². The van der Waals surface area contributed by atoms with Crippen molar-refractivity contribution in [1.82, 2.24) is 4.90 Å². The van der Waals surface area contributed by atoms with Crippen molar-refractivity contribution in [2.24, 2.45) is 0 Å². The smallest absolute Gasteiger partial charge is 0.293 e. The second-order valence-electron chi connectivity index (χ2n) is 6.25. The minimum Gasteiger partial charge on any atom is -0.491 e. The number of hydrogen-bond acceptors (Lipinski definition) is 4. The summed E-state index contributed by atoms with van der Waals surface area (Å²) < 4.78 is 5.60. The number of benzene rings is 2. The van der Waals surface area contributed by atoms with Gasteiger partial charge in [-0.25, -0.2) is 0 Å². The quantitative estimate of drug-likeness (QED) is 0.553. The van der Waals surface area contributed by atoms with Crippen molar-refractivity contribution in [2.75, 3.05) is 0 Å². The van der Waals surface area contributed by atoms with Crippen molar-refractivity contribution >= 4 is 52.2 Å². The molecule has 0 aromatic heterocycles. The number of ether oxygens (including phenoxy) is 1. The summed E-state index contributed by atoms with van der Waals surface area (Å²) in [7, 11) is 0. The summed E-state index contributed by atoms with van der Waals surface area (Å²) in [5, 5.41) is 0.511. The van der Waals surface area contributed by atoms with Gasteiger partial charge >= 0.3 is 0 Å². The first-order chi connectivity index (χ1) is 12.8. The SMILES string of the molecule is CC(C)Oc1ccc(/C=C2\SC(=O)N(Cc3ccc(Cl)c(Cl)c3)C2=O)cc1. The first kappa shape index (κ1) is 19.8. The number of imide groups is 1. The van der Waals surface area contributed by atoms with Gasteiger partial charge in [0.1, 0.15) is 5.75 Å². The first-order valence-electron chi connectivity index (χ1n) is 8.29. The standard InChI is InChI=1S/C20H17Cl2NO3S/c1-12(2)26-15-6-3-13(4-7-15)10-18-19(24)23(20(25)27-18)11-14-5-8-16(21)17(22)9-14/h3-10,12H,11H2,1-2H3/b18-10-. The Morgan fingerprint density at radius 2 is 1.78 bits per heavy atom. The fourth-order valence-corrected chi connectivity index (χ4v) is 3.68. The molecule has 1 aliphatic heterocycles. The Morgan fingerprint density at radius 1 is 1.07 bits per heavy atom. The lowest BCUT2D eigenvalue weighted by molar-refractivity contribution is -0.123. The summed E-state index contributed by atoms with van der Waals surface area (Å²) in [6.07, 6.45) is 1.80. The van der Waals surface area contributed by atoms with Crippen LogP contribution in [0, 0.1) is 0 Å². The number of thioether (sulfide) groups is 1. The summed E-state index contributed by atoms with van der Waals surface area (Å²) in [6, 6.07) is 12.4. The Hall–Kier alpha value is -1.95. The minimum atomic E-state index is -0.321. The van der Waals surface area contributed by atoms with E-state index in [9.17, 15) is 9.59 Å². The molecule has 1 saturated heterocycles. The number of amides is 2. The van der Waals surface area contributed by atoms with Crippen molar-refractivity contribution in [3.05, 3.63) is 68.5 Å². The summed E-state index contributed by atoms with van der Waals surface area (Å²) in [5.74, 6) is 0.438. The zero-order valence-electron chi connectivity index (χ0n) is 14.7. The molecule has 2 aromatic rings. The molecule has 0 unspecified atom stereocenters. The summed E-state index contributed by atoms with van der Waals surface area (Å²) in [6.45, 7) is 4.07. The van der Waals surface area contributed by atoms with Gasteiger partial charge in [-0.3, -0.25) is 14.5 Å². The van der Waals surface area contributed by atoms with E-state index in [-0.39, 0.29) is 23.8 Å². The highest BCUT2D eigenvalue weighted by atomic mass is 35.5. The largest absolute Gasteiger partial charge is 0.491 e. The average Bonchev–Trinajstić information content (AvgIpc) is 2.87. The van der Waals surface area contributed by atoms with Crippen LogP contribution in [-0.2, 0) is 11.3 Å². The molecule has 3 rings (SSSR count). The number of halogens is 2. The van der Waals surface area contributed by atoms with Crippen LogP contribution < -0.4 is 4.74 Å². The highest BCUT2D eigenvalue weighted by molar-refractivity contribution is 8.18. The molecule has 0 aliphatic carbocycles. The van der Waals surface area contributed by atoms with Gasteiger partial charge in [0.2, 0.25) is 0 Å². The zero-order valence-corrected chi connectivity index (χ0v) is 17.1. The maximum atomic E-state index is 12.6. The number of hydrogen-bond donors (Lipinski definition) is 0. The molecule has 4 nitrogen and oxygen atoms in total. The Balaban J connectivity index is 1.74. The van der Waals surface area contributed by atoms with Gasteiger partial charge in [-0.1, -0.05) is 41.4 Å². The Bertz CT molecular complexity index is 910. The Labute approximate surface area is 172 Å². The Kier molecular flexibility index (Phi) is 6.15. The molecule has 0 spiro atoms. The van der Waals surface area contributed by atoms with Crippen LogP contribution in [0.25, 0.3) is 6.08 Å². The predicted molar refractivity (Wildman–Crippen MR) is 110 cm³/mol. The van der Waals surface area contributed by atoms with Crippen LogP contribution in [0.2, 0.25) is 10.0 Å². The molecule has 27 heavy (non-hydrogen) atoms. The van der Waals surface area contributed by atoms with Gasteiger partial charge in [-0.2, -0.15) is 0 Å². The average molecular weight is 422 g/mol. The molecular formula is C20H17Cl2NO3S. The van der Waals surface area contributed by atoms with E-state index < -0.39 is 0 Å². The van der Waals surface area contributed by atoms with Crippen LogP contribution in [0.5, 0.6) is 5.75 Å². The number of rotatable bonds is 5. The fraction of sp³-hybridized carbons (Fsp3) is 0.200. The molecule has 0 saturated carbocycles. The van der Waals surface area contributed by atoms with Crippen LogP contribution in [-0.4, -0.2) is 22.2 Å². The molecular weight excluding hydrogens is 405 g/mol. The van der Waals surface area contributed by atoms with Crippen molar-refractivity contribution in [1.29, 1.82) is 0 Å². The van der Waals surface area contributed by atoms with E-state index in [1.807, 2.05) is 38.1 Å². The summed E-state index contributed by atoms with van der Waals surface area (Å²) in [4.78, 5) is 26.5. The maximum absolute atomic E-state index is 12.6. The predicted octanol–water partition coefficient (Wildman–Crippen LogP) is 6.02. The fourth-order valence-electron chi connectivity index (χ4n) is 2.52. The second kappa shape index (κ2) is 8.38. The van der Waals surface area contributed by atoms with Crippen LogP contribution >= 0.6 is 35.0 Å². The van der Waals surface area contributed by atoms with E-state index in [1.54, 1.807) is 24.3 Å². The van der Waals surface area contributed by atoms with Gasteiger partial charge in [0.25, 0.3) is 11.1 Å². The third-order valence-electron chi connectivity index (χ3n) is 3.75. The summed E-state index contributed by atoms with van der Waals surface area (Å²) >= 11 is 12.8. The van der Waals surface area contributed by atoms with E-state index in [1.165, 1.54) is 4.90 Å². The van der Waals surface area contributed by atoms with Crippen LogP contribution in [0.3, 0.4) is 0 Å². The minimum absolute atomic E-state index is 0.0914. The van der Waals surface area contributed by atoms with Crippen LogP contribution in [0.4, 0.5) is 4.79 Å². The maximum Gasteiger partial charge on any atom is 0.293 e. The molecule has 0 radical (unpaired) electrons. The number of carbonyl (C=O) groups is 2. The lowest BCUT2D eigenvalue weighted by Crippen LogP contribution is -2.27. The van der Waals surface area contributed by atoms with Gasteiger partial charge in [-0.05, 0) is 67.1 Å². The lowest BCUT2D eigenvalue weighted by Gasteiger charge is -2.13. The molecule has 7 heteroatoms. The molecule has 0 bridgehead atoms. The topological polar surface area (TPSA) is 46.6 Å². The summed E-state index contributed by atoms with van der Waals surface area (Å²) in [5.41, 5.74) is 1.56. The molecule has 2 aromatic carbocycles. The highest BCUT2D eigenvalue weighted by Gasteiger charge is 2.35. The van der Waals surface area contributed by atoms with E-state index >= 15 is 0 Å². The van der Waals surface area contributed by atoms with Gasteiger partial charge in [0.05, 0.1) is 27.6 Å². The molecule has 140 valence electrons. The molecule has 0 atom stereocenters. The van der Waals surface area contributed by atoms with Crippen molar-refractivity contribution < 1.29 is 14.3 Å².